The maximum absolute atomic E-state index is 11.5. The molecule has 124 valence electrons. The molecule has 1 aromatic rings. The molecule has 1 rings (SSSR count). The molecule has 0 aliphatic heterocycles. The molecule has 0 unspecified atom stereocenters. The molecule has 0 spiro atoms. The van der Waals surface area contributed by atoms with E-state index >= 15 is 0 Å². The predicted octanol–water partition coefficient (Wildman–Crippen LogP) is 5.09. The standard InChI is InChI=1S/C19H30O3/c1-15(2)16-10-12-17(13-11-16)21-14-8-6-7-9-18(20)22-19(3,4)5/h10-13,15H,6-9,14H2,1-5H3. The van der Waals surface area contributed by atoms with Gasteiger partial charge in [0, 0.05) is 6.42 Å². The van der Waals surface area contributed by atoms with Crippen LogP contribution in [0.25, 0.3) is 0 Å². The minimum absolute atomic E-state index is 0.113. The monoisotopic (exact) mass is 306 g/mol. The van der Waals surface area contributed by atoms with E-state index in [1.807, 2.05) is 32.9 Å². The summed E-state index contributed by atoms with van der Waals surface area (Å²) < 4.78 is 11.0. The Morgan fingerprint density at radius 1 is 1.05 bits per heavy atom. The van der Waals surface area contributed by atoms with Crippen molar-refractivity contribution in [3.8, 4) is 5.75 Å². The average Bonchev–Trinajstić information content (AvgIpc) is 2.41. The molecule has 0 saturated heterocycles. The maximum atomic E-state index is 11.5. The second kappa shape index (κ2) is 8.82. The average molecular weight is 306 g/mol. The topological polar surface area (TPSA) is 35.5 Å². The van der Waals surface area contributed by atoms with Crippen LogP contribution in [0.2, 0.25) is 0 Å². The van der Waals surface area contributed by atoms with Gasteiger partial charge in [-0.25, -0.2) is 0 Å². The highest BCUT2D eigenvalue weighted by Gasteiger charge is 2.15. The lowest BCUT2D eigenvalue weighted by Crippen LogP contribution is -2.23. The van der Waals surface area contributed by atoms with Gasteiger partial charge in [-0.2, -0.15) is 0 Å². The highest BCUT2D eigenvalue weighted by atomic mass is 16.6. The Morgan fingerprint density at radius 3 is 2.23 bits per heavy atom. The molecule has 0 saturated carbocycles. The van der Waals surface area contributed by atoms with Crippen LogP contribution in [-0.4, -0.2) is 18.2 Å². The van der Waals surface area contributed by atoms with Gasteiger partial charge < -0.3 is 9.47 Å². The van der Waals surface area contributed by atoms with Crippen LogP contribution in [0.5, 0.6) is 5.75 Å². The van der Waals surface area contributed by atoms with Gasteiger partial charge in [-0.15, -0.1) is 0 Å². The Bertz CT molecular complexity index is 441. The zero-order chi connectivity index (χ0) is 16.6. The van der Waals surface area contributed by atoms with Crippen molar-refractivity contribution in [1.29, 1.82) is 0 Å². The van der Waals surface area contributed by atoms with Gasteiger partial charge in [0.25, 0.3) is 0 Å². The van der Waals surface area contributed by atoms with E-state index in [1.54, 1.807) is 0 Å². The van der Waals surface area contributed by atoms with Crippen molar-refractivity contribution in [3.63, 3.8) is 0 Å². The summed E-state index contributed by atoms with van der Waals surface area (Å²) >= 11 is 0. The molecule has 0 aliphatic rings. The minimum atomic E-state index is -0.387. The Kier molecular flexibility index (Phi) is 7.43. The van der Waals surface area contributed by atoms with E-state index in [0.717, 1.165) is 25.0 Å². The number of carbonyl (C=O) groups is 1. The highest BCUT2D eigenvalue weighted by molar-refractivity contribution is 5.69. The number of hydrogen-bond acceptors (Lipinski definition) is 3. The van der Waals surface area contributed by atoms with E-state index in [0.29, 0.717) is 18.9 Å². The Balaban J connectivity index is 2.12. The van der Waals surface area contributed by atoms with Crippen LogP contribution >= 0.6 is 0 Å². The van der Waals surface area contributed by atoms with Crippen molar-refractivity contribution in [2.75, 3.05) is 6.61 Å². The first-order valence-corrected chi connectivity index (χ1v) is 8.22. The normalized spacial score (nSPS) is 11.5. The third-order valence-electron chi connectivity index (χ3n) is 3.26. The third-order valence-corrected chi connectivity index (χ3v) is 3.26. The lowest BCUT2D eigenvalue weighted by Gasteiger charge is -2.19. The third kappa shape index (κ3) is 8.06. The first kappa shape index (κ1) is 18.5. The molecule has 0 bridgehead atoms. The van der Waals surface area contributed by atoms with Crippen LogP contribution in [0.1, 0.15) is 71.8 Å². The number of hydrogen-bond donors (Lipinski definition) is 0. The Labute approximate surface area is 135 Å². The van der Waals surface area contributed by atoms with Gasteiger partial charge in [0.1, 0.15) is 11.4 Å². The van der Waals surface area contributed by atoms with Gasteiger partial charge >= 0.3 is 5.97 Å². The summed E-state index contributed by atoms with van der Waals surface area (Å²) in [5, 5.41) is 0. The molecule has 0 atom stereocenters. The van der Waals surface area contributed by atoms with Gasteiger partial charge in [0.2, 0.25) is 0 Å². The quantitative estimate of drug-likeness (QED) is 0.495. The molecule has 0 heterocycles. The molecule has 22 heavy (non-hydrogen) atoms. The first-order chi connectivity index (χ1) is 10.3. The van der Waals surface area contributed by atoms with Crippen LogP contribution < -0.4 is 4.74 Å². The summed E-state index contributed by atoms with van der Waals surface area (Å²) in [5.74, 6) is 1.34. The van der Waals surface area contributed by atoms with E-state index in [9.17, 15) is 4.79 Å². The Morgan fingerprint density at radius 2 is 1.68 bits per heavy atom. The molecule has 0 aromatic heterocycles. The smallest absolute Gasteiger partial charge is 0.306 e. The van der Waals surface area contributed by atoms with Crippen molar-refractivity contribution < 1.29 is 14.3 Å². The molecule has 0 amide bonds. The van der Waals surface area contributed by atoms with Crippen molar-refractivity contribution in [2.45, 2.75) is 71.8 Å². The molecular weight excluding hydrogens is 276 g/mol. The van der Waals surface area contributed by atoms with Crippen molar-refractivity contribution in [2.24, 2.45) is 0 Å². The summed E-state index contributed by atoms with van der Waals surface area (Å²) in [4.78, 5) is 11.5. The fourth-order valence-corrected chi connectivity index (χ4v) is 2.08. The molecule has 0 fully saturated rings. The van der Waals surface area contributed by atoms with Crippen molar-refractivity contribution in [3.05, 3.63) is 29.8 Å². The summed E-state index contributed by atoms with van der Waals surface area (Å²) in [6.07, 6.45) is 3.27. The van der Waals surface area contributed by atoms with E-state index < -0.39 is 0 Å². The van der Waals surface area contributed by atoms with Crippen LogP contribution in [-0.2, 0) is 9.53 Å². The second-order valence-electron chi connectivity index (χ2n) is 6.97. The minimum Gasteiger partial charge on any atom is -0.494 e. The number of rotatable bonds is 8. The molecule has 0 radical (unpaired) electrons. The zero-order valence-corrected chi connectivity index (χ0v) is 14.6. The van der Waals surface area contributed by atoms with Crippen LogP contribution in [0.15, 0.2) is 24.3 Å². The van der Waals surface area contributed by atoms with E-state index in [2.05, 4.69) is 26.0 Å². The zero-order valence-electron chi connectivity index (χ0n) is 14.6. The highest BCUT2D eigenvalue weighted by Crippen LogP contribution is 2.19. The Hall–Kier alpha value is -1.51. The van der Waals surface area contributed by atoms with Crippen molar-refractivity contribution in [1.82, 2.24) is 0 Å². The number of unbranched alkanes of at least 4 members (excludes halogenated alkanes) is 2. The first-order valence-electron chi connectivity index (χ1n) is 8.22. The second-order valence-corrected chi connectivity index (χ2v) is 6.97. The molecule has 3 nitrogen and oxygen atoms in total. The van der Waals surface area contributed by atoms with Gasteiger partial charge in [-0.05, 0) is 63.6 Å². The summed E-state index contributed by atoms with van der Waals surface area (Å²) in [5.41, 5.74) is 0.937. The number of benzene rings is 1. The summed E-state index contributed by atoms with van der Waals surface area (Å²) in [6, 6.07) is 8.27. The van der Waals surface area contributed by atoms with Crippen LogP contribution in [0.3, 0.4) is 0 Å². The fourth-order valence-electron chi connectivity index (χ4n) is 2.08. The van der Waals surface area contributed by atoms with Gasteiger partial charge in [0.05, 0.1) is 6.61 Å². The maximum Gasteiger partial charge on any atom is 0.306 e. The van der Waals surface area contributed by atoms with E-state index in [1.165, 1.54) is 5.56 Å². The van der Waals surface area contributed by atoms with Gasteiger partial charge in [-0.3, -0.25) is 4.79 Å². The van der Waals surface area contributed by atoms with Gasteiger partial charge in [0.15, 0.2) is 0 Å². The number of esters is 1. The lowest BCUT2D eigenvalue weighted by atomic mass is 10.0. The predicted molar refractivity (Wildman–Crippen MR) is 90.3 cm³/mol. The van der Waals surface area contributed by atoms with Crippen LogP contribution in [0.4, 0.5) is 0 Å². The molecule has 0 aliphatic carbocycles. The molecular formula is C19H30O3. The summed E-state index contributed by atoms with van der Waals surface area (Å²) in [7, 11) is 0. The fraction of sp³-hybridized carbons (Fsp3) is 0.632. The largest absolute Gasteiger partial charge is 0.494 e. The number of carbonyl (C=O) groups excluding carboxylic acids is 1. The molecule has 1 aromatic carbocycles. The number of ether oxygens (including phenoxy) is 2. The SMILES string of the molecule is CC(C)c1ccc(OCCCCCC(=O)OC(C)(C)C)cc1. The van der Waals surface area contributed by atoms with E-state index in [4.69, 9.17) is 9.47 Å². The van der Waals surface area contributed by atoms with Crippen LogP contribution in [0, 0.1) is 0 Å². The summed E-state index contributed by atoms with van der Waals surface area (Å²) in [6.45, 7) is 10.7. The lowest BCUT2D eigenvalue weighted by molar-refractivity contribution is -0.154. The van der Waals surface area contributed by atoms with Gasteiger partial charge in [-0.1, -0.05) is 26.0 Å². The van der Waals surface area contributed by atoms with Crippen molar-refractivity contribution >= 4 is 5.97 Å². The van der Waals surface area contributed by atoms with E-state index in [-0.39, 0.29) is 11.6 Å². The molecule has 3 heteroatoms. The molecule has 0 N–H and O–H groups in total.